The third kappa shape index (κ3) is 9.30. The molecule has 1 N–H and O–H groups in total. The van der Waals surface area contributed by atoms with Crippen molar-refractivity contribution in [1.82, 2.24) is 5.32 Å². The largest absolute Gasteiger partial charge is 0.317 e. The molecule has 0 saturated carbocycles. The van der Waals surface area contributed by atoms with E-state index in [0.717, 1.165) is 38.5 Å². The van der Waals surface area contributed by atoms with Gasteiger partial charge in [-0.15, -0.1) is 0 Å². The molecule has 0 spiro atoms. The van der Waals surface area contributed by atoms with E-state index in [0.29, 0.717) is 12.8 Å². The molecule has 0 heterocycles. The van der Waals surface area contributed by atoms with Gasteiger partial charge in [0.25, 0.3) is 0 Å². The maximum absolute atomic E-state index is 9.87. The molecule has 0 amide bonds. The van der Waals surface area contributed by atoms with E-state index in [1.165, 1.54) is 0 Å². The first-order valence-corrected chi connectivity index (χ1v) is 4.00. The van der Waals surface area contributed by atoms with Crippen molar-refractivity contribution in [3.05, 3.63) is 0 Å². The fourth-order valence-electron chi connectivity index (χ4n) is 0.746. The Labute approximate surface area is 67.2 Å². The second kappa shape index (κ2) is 9.30. The lowest BCUT2D eigenvalue weighted by Gasteiger charge is -1.99. The highest BCUT2D eigenvalue weighted by molar-refractivity contribution is 5.49. The average Bonchev–Trinajstić information content (AvgIpc) is 2.03. The summed E-state index contributed by atoms with van der Waals surface area (Å²) in [6.45, 7) is 1.75. The topological polar surface area (TPSA) is 46.2 Å². The Morgan fingerprint density at radius 3 is 1.73 bits per heavy atom. The Hall–Kier alpha value is -0.700. The zero-order valence-electron chi connectivity index (χ0n) is 6.71. The normalized spacial score (nSPS) is 9.45. The number of carbonyl (C=O) groups is 2. The summed E-state index contributed by atoms with van der Waals surface area (Å²) in [5.74, 6) is 0. The minimum absolute atomic E-state index is 0.626. The highest BCUT2D eigenvalue weighted by Gasteiger charge is 1.87. The van der Waals surface area contributed by atoms with E-state index in [1.807, 2.05) is 0 Å². The van der Waals surface area contributed by atoms with Gasteiger partial charge in [0.2, 0.25) is 0 Å². The first-order valence-electron chi connectivity index (χ1n) is 4.00. The van der Waals surface area contributed by atoms with Crippen molar-refractivity contribution < 1.29 is 9.59 Å². The second-order valence-corrected chi connectivity index (χ2v) is 2.37. The Kier molecular flexibility index (Phi) is 8.71. The summed E-state index contributed by atoms with van der Waals surface area (Å²) in [5.41, 5.74) is 0. The Bertz CT molecular complexity index is 92.3. The van der Waals surface area contributed by atoms with E-state index in [1.54, 1.807) is 0 Å². The monoisotopic (exact) mass is 157 g/mol. The summed E-state index contributed by atoms with van der Waals surface area (Å²) in [7, 11) is 0. The van der Waals surface area contributed by atoms with Gasteiger partial charge in [-0.1, -0.05) is 0 Å². The van der Waals surface area contributed by atoms with Crippen LogP contribution in [0.2, 0.25) is 0 Å². The van der Waals surface area contributed by atoms with E-state index < -0.39 is 0 Å². The van der Waals surface area contributed by atoms with Crippen LogP contribution in [0, 0.1) is 0 Å². The zero-order chi connectivity index (χ0) is 8.36. The van der Waals surface area contributed by atoms with Gasteiger partial charge in [0.05, 0.1) is 0 Å². The van der Waals surface area contributed by atoms with Crippen LogP contribution in [0.3, 0.4) is 0 Å². The molecular formula is C8H15NO2. The van der Waals surface area contributed by atoms with Gasteiger partial charge in [-0.2, -0.15) is 0 Å². The van der Waals surface area contributed by atoms with Gasteiger partial charge >= 0.3 is 0 Å². The van der Waals surface area contributed by atoms with Crippen molar-refractivity contribution in [3.8, 4) is 0 Å². The number of hydrogen-bond donors (Lipinski definition) is 1. The Morgan fingerprint density at radius 2 is 1.36 bits per heavy atom. The molecule has 0 aromatic rings. The molecule has 0 saturated heterocycles. The maximum atomic E-state index is 9.87. The van der Waals surface area contributed by atoms with Crippen LogP contribution < -0.4 is 5.32 Å². The predicted octanol–water partition coefficient (Wildman–Crippen LogP) is 0.534. The maximum Gasteiger partial charge on any atom is 0.120 e. The van der Waals surface area contributed by atoms with E-state index in [9.17, 15) is 9.59 Å². The molecule has 0 radical (unpaired) electrons. The number of rotatable bonds is 8. The lowest BCUT2D eigenvalue weighted by molar-refractivity contribution is -0.108. The molecule has 3 nitrogen and oxygen atoms in total. The third-order valence-electron chi connectivity index (χ3n) is 1.35. The van der Waals surface area contributed by atoms with Crippen LogP contribution in [0.25, 0.3) is 0 Å². The van der Waals surface area contributed by atoms with Crippen molar-refractivity contribution >= 4 is 12.6 Å². The zero-order valence-corrected chi connectivity index (χ0v) is 6.71. The number of unbranched alkanes of at least 4 members (excludes halogenated alkanes) is 2. The van der Waals surface area contributed by atoms with Crippen LogP contribution in [0.5, 0.6) is 0 Å². The molecule has 0 unspecified atom stereocenters. The predicted molar refractivity (Wildman–Crippen MR) is 43.5 cm³/mol. The number of carbonyl (C=O) groups excluding carboxylic acids is 2. The van der Waals surface area contributed by atoms with E-state index in [4.69, 9.17) is 0 Å². The first kappa shape index (κ1) is 10.3. The molecular weight excluding hydrogens is 142 g/mol. The summed E-state index contributed by atoms with van der Waals surface area (Å²) < 4.78 is 0. The molecule has 3 heteroatoms. The average molecular weight is 157 g/mol. The number of aldehydes is 2. The van der Waals surface area contributed by atoms with Gasteiger partial charge in [-0.3, -0.25) is 0 Å². The van der Waals surface area contributed by atoms with Crippen molar-refractivity contribution in [3.63, 3.8) is 0 Å². The van der Waals surface area contributed by atoms with Crippen LogP contribution in [0.15, 0.2) is 0 Å². The molecule has 0 fully saturated rings. The molecule has 0 aliphatic rings. The molecule has 0 rings (SSSR count). The quantitative estimate of drug-likeness (QED) is 0.413. The van der Waals surface area contributed by atoms with Gasteiger partial charge in [0.15, 0.2) is 0 Å². The van der Waals surface area contributed by atoms with Gasteiger partial charge in [-0.25, -0.2) is 0 Å². The fraction of sp³-hybridized carbons (Fsp3) is 0.750. The fourth-order valence-corrected chi connectivity index (χ4v) is 0.746. The van der Waals surface area contributed by atoms with Crippen molar-refractivity contribution in [1.29, 1.82) is 0 Å². The van der Waals surface area contributed by atoms with Crippen LogP contribution >= 0.6 is 0 Å². The van der Waals surface area contributed by atoms with Crippen LogP contribution in [0.1, 0.15) is 25.7 Å². The summed E-state index contributed by atoms with van der Waals surface area (Å²) in [5, 5.41) is 3.14. The van der Waals surface area contributed by atoms with Gasteiger partial charge < -0.3 is 14.9 Å². The Balaban J connectivity index is 2.79. The minimum Gasteiger partial charge on any atom is -0.317 e. The lowest BCUT2D eigenvalue weighted by atomic mass is 10.3. The summed E-state index contributed by atoms with van der Waals surface area (Å²) in [6.07, 6.45) is 4.89. The highest BCUT2D eigenvalue weighted by Crippen LogP contribution is 1.83. The van der Waals surface area contributed by atoms with Gasteiger partial charge in [0.1, 0.15) is 12.6 Å². The molecule has 0 aromatic carbocycles. The molecule has 0 bridgehead atoms. The molecule has 11 heavy (non-hydrogen) atoms. The first-order chi connectivity index (χ1) is 5.41. The van der Waals surface area contributed by atoms with E-state index in [-0.39, 0.29) is 0 Å². The Morgan fingerprint density at radius 1 is 0.909 bits per heavy atom. The highest BCUT2D eigenvalue weighted by atomic mass is 16.1. The molecule has 0 aliphatic carbocycles. The minimum atomic E-state index is 0.626. The smallest absolute Gasteiger partial charge is 0.120 e. The van der Waals surface area contributed by atoms with Crippen LogP contribution in [0.4, 0.5) is 0 Å². The molecule has 0 atom stereocenters. The number of hydrogen-bond acceptors (Lipinski definition) is 3. The summed E-state index contributed by atoms with van der Waals surface area (Å²) in [6, 6.07) is 0. The summed E-state index contributed by atoms with van der Waals surface area (Å²) >= 11 is 0. The van der Waals surface area contributed by atoms with E-state index >= 15 is 0 Å². The lowest BCUT2D eigenvalue weighted by Crippen LogP contribution is -2.16. The van der Waals surface area contributed by atoms with Crippen LogP contribution in [-0.4, -0.2) is 25.7 Å². The van der Waals surface area contributed by atoms with E-state index in [2.05, 4.69) is 5.32 Å². The molecule has 0 aliphatic heterocycles. The molecule has 0 aromatic heterocycles. The van der Waals surface area contributed by atoms with Crippen molar-refractivity contribution in [2.45, 2.75) is 25.7 Å². The number of nitrogens with one attached hydrogen (secondary N) is 1. The standard InChI is InChI=1S/C8H15NO2/c10-7-3-1-5-9-6-2-4-8-11/h7-9H,1-6H2. The van der Waals surface area contributed by atoms with Crippen molar-refractivity contribution in [2.24, 2.45) is 0 Å². The summed E-state index contributed by atoms with van der Waals surface area (Å²) in [4.78, 5) is 19.7. The van der Waals surface area contributed by atoms with Gasteiger partial charge in [0, 0.05) is 12.8 Å². The van der Waals surface area contributed by atoms with Crippen molar-refractivity contribution in [2.75, 3.05) is 13.1 Å². The second-order valence-electron chi connectivity index (χ2n) is 2.37. The molecule has 64 valence electrons. The third-order valence-corrected chi connectivity index (χ3v) is 1.35. The van der Waals surface area contributed by atoms with Gasteiger partial charge in [-0.05, 0) is 25.9 Å². The SMILES string of the molecule is O=CCCCNCCCC=O. The van der Waals surface area contributed by atoms with Crippen LogP contribution in [-0.2, 0) is 9.59 Å².